The van der Waals surface area contributed by atoms with Crippen molar-refractivity contribution < 1.29 is 8.42 Å². The van der Waals surface area contributed by atoms with E-state index in [1.165, 1.54) is 11.8 Å². The molecule has 4 heteroatoms. The first-order chi connectivity index (χ1) is 6.50. The zero-order valence-electron chi connectivity index (χ0n) is 8.44. The minimum Gasteiger partial charge on any atom is -0.208 e. The lowest BCUT2D eigenvalue weighted by Gasteiger charge is -2.05. The summed E-state index contributed by atoms with van der Waals surface area (Å²) in [7, 11) is -2.69. The van der Waals surface area contributed by atoms with Gasteiger partial charge in [-0.1, -0.05) is 17.7 Å². The quantitative estimate of drug-likeness (QED) is 0.596. The molecule has 0 aliphatic heterocycles. The summed E-state index contributed by atoms with van der Waals surface area (Å²) in [5, 5.41) is 0. The zero-order chi connectivity index (χ0) is 10.7. The second-order valence-corrected chi connectivity index (χ2v) is 4.00. The number of benzene rings is 1. The third-order valence-corrected chi connectivity index (χ3v) is 2.32. The maximum absolute atomic E-state index is 10.3. The summed E-state index contributed by atoms with van der Waals surface area (Å²) in [6, 6.07) is 4.01. The average Bonchev–Trinajstić information content (AvgIpc) is 2.01. The summed E-state index contributed by atoms with van der Waals surface area (Å²) in [4.78, 5) is 0. The van der Waals surface area contributed by atoms with Gasteiger partial charge in [-0.3, -0.25) is 0 Å². The average molecular weight is 211 g/mol. The Morgan fingerprint density at radius 3 is 2.07 bits per heavy atom. The van der Waals surface area contributed by atoms with Crippen LogP contribution in [0.1, 0.15) is 22.3 Å². The van der Waals surface area contributed by atoms with Gasteiger partial charge < -0.3 is 0 Å². The molecular formula is C10H13NO2S. The number of nitrogens with zero attached hydrogens (tertiary/aromatic N) is 1. The van der Waals surface area contributed by atoms with Gasteiger partial charge in [-0.05, 0) is 37.5 Å². The lowest BCUT2D eigenvalue weighted by atomic mass is 10.0. The van der Waals surface area contributed by atoms with E-state index in [0.717, 1.165) is 16.7 Å². The fourth-order valence-corrected chi connectivity index (χ4v) is 1.71. The molecule has 0 atom stereocenters. The van der Waals surface area contributed by atoms with E-state index in [0.29, 0.717) is 0 Å². The molecule has 0 amide bonds. The number of hydrogen-bond donors (Lipinski definition) is 1. The predicted molar refractivity (Wildman–Crippen MR) is 58.6 cm³/mol. The van der Waals surface area contributed by atoms with Crippen molar-refractivity contribution in [1.29, 1.82) is 0 Å². The second-order valence-electron chi connectivity index (χ2n) is 3.29. The Kier molecular flexibility index (Phi) is 3.41. The molecule has 0 saturated heterocycles. The Morgan fingerprint density at radius 2 is 1.64 bits per heavy atom. The Bertz CT molecular complexity index is 416. The van der Waals surface area contributed by atoms with E-state index < -0.39 is 10.9 Å². The van der Waals surface area contributed by atoms with Gasteiger partial charge in [0.25, 0.3) is 0 Å². The molecule has 3 nitrogen and oxygen atoms in total. The van der Waals surface area contributed by atoms with E-state index in [-0.39, 0.29) is 0 Å². The summed E-state index contributed by atoms with van der Waals surface area (Å²) in [5.74, 6) is 0. The largest absolute Gasteiger partial charge is 0.243 e. The van der Waals surface area contributed by atoms with Gasteiger partial charge in [0.15, 0.2) is 0 Å². The molecule has 1 aromatic carbocycles. The highest BCUT2D eigenvalue weighted by molar-refractivity contribution is 7.71. The highest BCUT2D eigenvalue weighted by atomic mass is 32.2. The van der Waals surface area contributed by atoms with Gasteiger partial charge in [0.05, 0.1) is 0 Å². The molecule has 0 saturated carbocycles. The minimum absolute atomic E-state index is 0.884. The van der Waals surface area contributed by atoms with Crippen LogP contribution in [0.3, 0.4) is 0 Å². The molecular weight excluding hydrogens is 198 g/mol. The molecule has 0 spiro atoms. The lowest BCUT2D eigenvalue weighted by Crippen LogP contribution is -1.93. The third-order valence-electron chi connectivity index (χ3n) is 2.02. The van der Waals surface area contributed by atoms with E-state index >= 15 is 0 Å². The Morgan fingerprint density at radius 1 is 1.14 bits per heavy atom. The molecule has 0 aliphatic carbocycles. The van der Waals surface area contributed by atoms with Crippen molar-refractivity contribution in [2.24, 2.45) is 4.40 Å². The van der Waals surface area contributed by atoms with E-state index in [4.69, 9.17) is 0 Å². The Labute approximate surface area is 85.6 Å². The summed E-state index contributed by atoms with van der Waals surface area (Å²) < 4.78 is 24.0. The summed E-state index contributed by atoms with van der Waals surface area (Å²) in [6.07, 6.45) is 1.40. The van der Waals surface area contributed by atoms with Gasteiger partial charge >= 0.3 is 0 Å². The first kappa shape index (κ1) is 10.9. The summed E-state index contributed by atoms with van der Waals surface area (Å²) >= 11 is 0. The first-order valence-electron chi connectivity index (χ1n) is 4.27. The number of hydrogen-bond acceptors (Lipinski definition) is 2. The molecule has 0 aromatic heterocycles. The van der Waals surface area contributed by atoms with Gasteiger partial charge in [-0.25, -0.2) is 8.42 Å². The molecule has 0 radical (unpaired) electrons. The first-order valence-corrected chi connectivity index (χ1v) is 5.40. The number of rotatable bonds is 2. The SMILES string of the molecule is Cc1cc(C)c(C=N[SH](=O)=O)c(C)c1. The molecule has 1 aromatic rings. The zero-order valence-corrected chi connectivity index (χ0v) is 9.34. The molecule has 0 unspecified atom stereocenters. The van der Waals surface area contributed by atoms with E-state index in [2.05, 4.69) is 4.40 Å². The van der Waals surface area contributed by atoms with Crippen LogP contribution in [0.15, 0.2) is 16.5 Å². The molecule has 0 fully saturated rings. The minimum atomic E-state index is -2.69. The van der Waals surface area contributed by atoms with Crippen LogP contribution in [0.4, 0.5) is 0 Å². The predicted octanol–water partition coefficient (Wildman–Crippen LogP) is 1.56. The highest BCUT2D eigenvalue weighted by Gasteiger charge is 2.00. The van der Waals surface area contributed by atoms with Crippen LogP contribution >= 0.6 is 0 Å². The van der Waals surface area contributed by atoms with Crippen molar-refractivity contribution in [1.82, 2.24) is 0 Å². The smallest absolute Gasteiger partial charge is 0.208 e. The summed E-state index contributed by atoms with van der Waals surface area (Å²) in [6.45, 7) is 5.90. The Balaban J connectivity index is 3.21. The number of aryl methyl sites for hydroxylation is 3. The van der Waals surface area contributed by atoms with Gasteiger partial charge in [-0.15, -0.1) is 0 Å². The van der Waals surface area contributed by atoms with Crippen molar-refractivity contribution in [3.63, 3.8) is 0 Å². The summed E-state index contributed by atoms with van der Waals surface area (Å²) in [5.41, 5.74) is 4.14. The van der Waals surface area contributed by atoms with Gasteiger partial charge in [0.2, 0.25) is 10.9 Å². The maximum Gasteiger partial charge on any atom is 0.243 e. The topological polar surface area (TPSA) is 46.5 Å². The Hall–Kier alpha value is -1.16. The van der Waals surface area contributed by atoms with Crippen molar-refractivity contribution in [3.8, 4) is 0 Å². The maximum atomic E-state index is 10.3. The van der Waals surface area contributed by atoms with Crippen LogP contribution in [0.25, 0.3) is 0 Å². The standard InChI is InChI=1S/C10H13NO2S/c1-7-4-8(2)10(9(3)5-7)6-11-14(12)13/h4-6,14H,1-3H3. The van der Waals surface area contributed by atoms with Gasteiger partial charge in [-0.2, -0.15) is 4.40 Å². The molecule has 0 bridgehead atoms. The second kappa shape index (κ2) is 4.37. The fraction of sp³-hybridized carbons (Fsp3) is 0.300. The molecule has 1 rings (SSSR count). The van der Waals surface area contributed by atoms with Crippen molar-refractivity contribution >= 4 is 17.1 Å². The van der Waals surface area contributed by atoms with E-state index in [1.54, 1.807) is 0 Å². The molecule has 0 aliphatic rings. The van der Waals surface area contributed by atoms with Gasteiger partial charge in [0.1, 0.15) is 0 Å². The monoisotopic (exact) mass is 211 g/mol. The van der Waals surface area contributed by atoms with Crippen LogP contribution in [0, 0.1) is 20.8 Å². The fourth-order valence-electron chi connectivity index (χ4n) is 1.50. The third kappa shape index (κ3) is 2.67. The lowest BCUT2D eigenvalue weighted by molar-refractivity contribution is 0.616. The van der Waals surface area contributed by atoms with Crippen LogP contribution in [-0.4, -0.2) is 14.6 Å². The molecule has 0 heterocycles. The molecule has 0 N–H and O–H groups in total. The van der Waals surface area contributed by atoms with Crippen molar-refractivity contribution in [2.75, 3.05) is 0 Å². The van der Waals surface area contributed by atoms with E-state index in [1.807, 2.05) is 32.9 Å². The van der Waals surface area contributed by atoms with Gasteiger partial charge in [0, 0.05) is 6.21 Å². The molecule has 14 heavy (non-hydrogen) atoms. The van der Waals surface area contributed by atoms with Crippen LogP contribution in [0.2, 0.25) is 0 Å². The van der Waals surface area contributed by atoms with Crippen LogP contribution in [-0.2, 0) is 10.9 Å². The van der Waals surface area contributed by atoms with Crippen molar-refractivity contribution in [2.45, 2.75) is 20.8 Å². The normalized spacial score (nSPS) is 11.4. The van der Waals surface area contributed by atoms with Crippen LogP contribution < -0.4 is 0 Å². The van der Waals surface area contributed by atoms with Crippen LogP contribution in [0.5, 0.6) is 0 Å². The molecule has 76 valence electrons. The number of thiol groups is 1. The van der Waals surface area contributed by atoms with E-state index in [9.17, 15) is 8.42 Å². The highest BCUT2D eigenvalue weighted by Crippen LogP contribution is 2.14. The van der Waals surface area contributed by atoms with Crippen molar-refractivity contribution in [3.05, 3.63) is 34.4 Å².